The first-order valence-electron chi connectivity index (χ1n) is 5.08. The molecule has 1 aromatic rings. The minimum Gasteiger partial charge on any atom is -0.496 e. The monoisotopic (exact) mass is 313 g/mol. The van der Waals surface area contributed by atoms with Gasteiger partial charge in [0.05, 0.1) is 7.11 Å². The molecule has 0 bridgehead atoms. The lowest BCUT2D eigenvalue weighted by atomic mass is 9.99. The maximum atomic E-state index is 13.7. The molecule has 1 amide bonds. The number of rotatable bonds is 2. The molecule has 1 fully saturated rings. The lowest BCUT2D eigenvalue weighted by molar-refractivity contribution is -0.104. The first kappa shape index (κ1) is 15.8. The normalized spacial score (nSPS) is 20.8. The highest BCUT2D eigenvalue weighted by atomic mass is 35.5. The minimum atomic E-state index is -3.23. The van der Waals surface area contributed by atoms with Gasteiger partial charge in [0.25, 0.3) is 0 Å². The zero-order valence-electron chi connectivity index (χ0n) is 9.78. The summed E-state index contributed by atoms with van der Waals surface area (Å²) in [6, 6.07) is 2.80. The number of alkyl halides is 2. The maximum absolute atomic E-state index is 13.7. The number of hydrogen-bond donors (Lipinski definition) is 1. The molecule has 0 aromatic heterocycles. The van der Waals surface area contributed by atoms with Gasteiger partial charge in [0.15, 0.2) is 6.61 Å². The highest BCUT2D eigenvalue weighted by Gasteiger charge is 2.47. The van der Waals surface area contributed by atoms with Gasteiger partial charge in [-0.05, 0) is 18.2 Å². The van der Waals surface area contributed by atoms with Crippen LogP contribution in [0.2, 0.25) is 5.02 Å². The maximum Gasteiger partial charge on any atom is 0.408 e. The summed E-state index contributed by atoms with van der Waals surface area (Å²) in [5.41, 5.74) is 0.117. The number of halogens is 4. The number of amides is 1. The van der Waals surface area contributed by atoms with Crippen LogP contribution in [0.25, 0.3) is 0 Å². The molecule has 1 aromatic carbocycles. The van der Waals surface area contributed by atoms with E-state index in [0.29, 0.717) is 0 Å². The second-order valence-corrected chi connectivity index (χ2v) is 4.24. The minimum absolute atomic E-state index is 0. The van der Waals surface area contributed by atoms with Crippen molar-refractivity contribution in [3.8, 4) is 5.75 Å². The Morgan fingerprint density at radius 2 is 2.21 bits per heavy atom. The Labute approximate surface area is 119 Å². The number of nitrogens with one attached hydrogen (secondary N) is 1. The van der Waals surface area contributed by atoms with Gasteiger partial charge in [-0.15, -0.1) is 12.4 Å². The molecule has 4 nitrogen and oxygen atoms in total. The number of ether oxygens (including phenoxy) is 2. The summed E-state index contributed by atoms with van der Waals surface area (Å²) in [7, 11) is 1.35. The first-order chi connectivity index (χ1) is 8.44. The van der Waals surface area contributed by atoms with E-state index in [9.17, 15) is 13.6 Å². The van der Waals surface area contributed by atoms with Crippen molar-refractivity contribution in [1.82, 2.24) is 5.32 Å². The molecule has 1 heterocycles. The van der Waals surface area contributed by atoms with E-state index in [0.717, 1.165) is 0 Å². The molecule has 0 radical (unpaired) electrons. The van der Waals surface area contributed by atoms with Crippen molar-refractivity contribution < 1.29 is 23.0 Å². The van der Waals surface area contributed by atoms with E-state index >= 15 is 0 Å². The van der Waals surface area contributed by atoms with Crippen LogP contribution < -0.4 is 10.1 Å². The summed E-state index contributed by atoms with van der Waals surface area (Å²) in [6.45, 7) is -0.973. The van der Waals surface area contributed by atoms with Crippen molar-refractivity contribution in [2.75, 3.05) is 13.7 Å². The van der Waals surface area contributed by atoms with Gasteiger partial charge in [-0.2, -0.15) is 0 Å². The van der Waals surface area contributed by atoms with Crippen LogP contribution in [0.1, 0.15) is 11.6 Å². The topological polar surface area (TPSA) is 47.6 Å². The quantitative estimate of drug-likeness (QED) is 0.912. The van der Waals surface area contributed by atoms with Crippen molar-refractivity contribution in [3.05, 3.63) is 28.8 Å². The summed E-state index contributed by atoms with van der Waals surface area (Å²) in [5.74, 6) is -3.00. The number of alkyl carbamates (subject to hydrolysis) is 1. The average molecular weight is 314 g/mol. The number of benzene rings is 1. The van der Waals surface area contributed by atoms with Crippen LogP contribution in [0, 0.1) is 0 Å². The van der Waals surface area contributed by atoms with E-state index in [1.165, 1.54) is 25.3 Å². The van der Waals surface area contributed by atoms with E-state index < -0.39 is 24.7 Å². The molecule has 1 aliphatic rings. The van der Waals surface area contributed by atoms with Crippen LogP contribution in [0.4, 0.5) is 13.6 Å². The van der Waals surface area contributed by atoms with E-state index in [4.69, 9.17) is 16.3 Å². The number of carbonyl (C=O) groups excluding carboxylic acids is 1. The van der Waals surface area contributed by atoms with Crippen LogP contribution in [0.3, 0.4) is 0 Å². The predicted molar refractivity (Wildman–Crippen MR) is 67.4 cm³/mol. The van der Waals surface area contributed by atoms with Crippen LogP contribution in [0.15, 0.2) is 18.2 Å². The molecule has 0 spiro atoms. The van der Waals surface area contributed by atoms with E-state index in [-0.39, 0.29) is 28.7 Å². The van der Waals surface area contributed by atoms with Crippen LogP contribution in [-0.2, 0) is 4.74 Å². The Morgan fingerprint density at radius 1 is 1.53 bits per heavy atom. The van der Waals surface area contributed by atoms with E-state index in [2.05, 4.69) is 10.1 Å². The predicted octanol–water partition coefficient (Wildman–Crippen LogP) is 3.19. The molecule has 2 rings (SSSR count). The third-order valence-electron chi connectivity index (χ3n) is 2.58. The number of cyclic esters (lactones) is 1. The molecule has 0 aliphatic carbocycles. The fourth-order valence-corrected chi connectivity index (χ4v) is 1.93. The van der Waals surface area contributed by atoms with E-state index in [1.807, 2.05) is 0 Å². The largest absolute Gasteiger partial charge is 0.496 e. The second kappa shape index (κ2) is 5.79. The fraction of sp³-hybridized carbons (Fsp3) is 0.364. The van der Waals surface area contributed by atoms with Gasteiger partial charge in [-0.1, -0.05) is 11.6 Å². The standard InChI is InChI=1S/C11H10ClF2NO3.ClH/c1-17-8-3-2-6(12)4-7(8)9-11(13,14)5-18-10(16)15-9;/h2-4,9H,5H2,1H3,(H,15,16);1H/t9-;/m1./s1. The third-order valence-corrected chi connectivity index (χ3v) is 2.82. The van der Waals surface area contributed by atoms with Gasteiger partial charge < -0.3 is 14.8 Å². The summed E-state index contributed by atoms with van der Waals surface area (Å²) >= 11 is 5.78. The Balaban J connectivity index is 0.00000180. The summed E-state index contributed by atoms with van der Waals surface area (Å²) in [6.07, 6.45) is -0.895. The zero-order chi connectivity index (χ0) is 13.3. The molecular weight excluding hydrogens is 303 g/mol. The summed E-state index contributed by atoms with van der Waals surface area (Å²) in [5, 5.41) is 2.36. The summed E-state index contributed by atoms with van der Waals surface area (Å²) in [4.78, 5) is 11.1. The number of hydrogen-bond acceptors (Lipinski definition) is 3. The molecule has 8 heteroatoms. The molecule has 1 N–H and O–H groups in total. The molecule has 19 heavy (non-hydrogen) atoms. The Bertz CT molecular complexity index is 485. The first-order valence-corrected chi connectivity index (χ1v) is 5.46. The van der Waals surface area contributed by atoms with Gasteiger partial charge in [0.1, 0.15) is 11.8 Å². The fourth-order valence-electron chi connectivity index (χ4n) is 1.75. The lowest BCUT2D eigenvalue weighted by Crippen LogP contribution is -2.49. The summed E-state index contributed by atoms with van der Waals surface area (Å²) < 4.78 is 36.7. The van der Waals surface area contributed by atoms with Gasteiger partial charge in [0.2, 0.25) is 0 Å². The van der Waals surface area contributed by atoms with Gasteiger partial charge in [0, 0.05) is 10.6 Å². The van der Waals surface area contributed by atoms with Crippen molar-refractivity contribution in [3.63, 3.8) is 0 Å². The van der Waals surface area contributed by atoms with Crippen molar-refractivity contribution in [1.29, 1.82) is 0 Å². The second-order valence-electron chi connectivity index (χ2n) is 3.80. The van der Waals surface area contributed by atoms with Crippen molar-refractivity contribution in [2.24, 2.45) is 0 Å². The molecule has 1 atom stereocenters. The molecule has 0 saturated carbocycles. The molecule has 1 saturated heterocycles. The third kappa shape index (κ3) is 3.19. The highest BCUT2D eigenvalue weighted by Crippen LogP contribution is 2.39. The van der Waals surface area contributed by atoms with Crippen LogP contribution in [-0.4, -0.2) is 25.7 Å². The Kier molecular flexibility index (Phi) is 4.81. The number of methoxy groups -OCH3 is 1. The smallest absolute Gasteiger partial charge is 0.408 e. The van der Waals surface area contributed by atoms with Gasteiger partial charge in [-0.25, -0.2) is 13.6 Å². The van der Waals surface area contributed by atoms with Crippen molar-refractivity contribution in [2.45, 2.75) is 12.0 Å². The van der Waals surface area contributed by atoms with Gasteiger partial charge in [-0.3, -0.25) is 0 Å². The van der Waals surface area contributed by atoms with Crippen LogP contribution >= 0.6 is 24.0 Å². The van der Waals surface area contributed by atoms with E-state index in [1.54, 1.807) is 0 Å². The lowest BCUT2D eigenvalue weighted by Gasteiger charge is -2.32. The average Bonchev–Trinajstić information content (AvgIpc) is 2.32. The van der Waals surface area contributed by atoms with Crippen molar-refractivity contribution >= 4 is 30.1 Å². The SMILES string of the molecule is COc1ccc(Cl)cc1[C@H]1NC(=O)OCC1(F)F.Cl. The number of carbonyl (C=O) groups is 1. The molecular formula is C11H11Cl2F2NO3. The molecule has 106 valence electrons. The molecule has 0 unspecified atom stereocenters. The Hall–Kier alpha value is -1.27. The Morgan fingerprint density at radius 3 is 2.84 bits per heavy atom. The molecule has 1 aliphatic heterocycles. The van der Waals surface area contributed by atoms with Crippen LogP contribution in [0.5, 0.6) is 5.75 Å². The van der Waals surface area contributed by atoms with Gasteiger partial charge >= 0.3 is 12.0 Å². The zero-order valence-corrected chi connectivity index (χ0v) is 11.4. The highest BCUT2D eigenvalue weighted by molar-refractivity contribution is 6.30.